The molecule has 2 atom stereocenters. The summed E-state index contributed by atoms with van der Waals surface area (Å²) >= 11 is 0. The molecule has 124 valence electrons. The lowest BCUT2D eigenvalue weighted by Gasteiger charge is -2.46. The quantitative estimate of drug-likeness (QED) is 0.884. The summed E-state index contributed by atoms with van der Waals surface area (Å²) in [6.45, 7) is 4.45. The molecule has 1 aromatic carbocycles. The van der Waals surface area contributed by atoms with Crippen molar-refractivity contribution in [2.75, 3.05) is 19.7 Å². The molecule has 2 saturated heterocycles. The van der Waals surface area contributed by atoms with Crippen LogP contribution >= 0.6 is 0 Å². The first-order chi connectivity index (χ1) is 11.0. The molecule has 0 unspecified atom stereocenters. The summed E-state index contributed by atoms with van der Waals surface area (Å²) in [7, 11) is 0. The van der Waals surface area contributed by atoms with Crippen LogP contribution in [0.25, 0.3) is 0 Å². The fraction of sp³-hybridized carbons (Fsp3) is 0.529. The van der Waals surface area contributed by atoms with E-state index >= 15 is 0 Å². The average molecular weight is 318 g/mol. The summed E-state index contributed by atoms with van der Waals surface area (Å²) in [5.74, 6) is -0.274. The van der Waals surface area contributed by atoms with Gasteiger partial charge in [-0.1, -0.05) is 30.3 Å². The highest BCUT2D eigenvalue weighted by Gasteiger charge is 2.45. The van der Waals surface area contributed by atoms with Crippen molar-refractivity contribution >= 4 is 11.8 Å². The monoisotopic (exact) mass is 318 g/mol. The van der Waals surface area contributed by atoms with Crippen LogP contribution in [-0.4, -0.2) is 64.7 Å². The van der Waals surface area contributed by atoms with E-state index in [0.717, 1.165) is 5.56 Å². The molecular weight excluding hydrogens is 296 g/mol. The second-order valence-electron chi connectivity index (χ2n) is 6.38. The molecule has 2 aliphatic heterocycles. The van der Waals surface area contributed by atoms with Crippen molar-refractivity contribution in [3.8, 4) is 0 Å². The van der Waals surface area contributed by atoms with Gasteiger partial charge in [-0.2, -0.15) is 0 Å². The van der Waals surface area contributed by atoms with E-state index in [2.05, 4.69) is 0 Å². The fourth-order valence-corrected chi connectivity index (χ4v) is 3.24. The number of rotatable bonds is 3. The summed E-state index contributed by atoms with van der Waals surface area (Å²) in [5.41, 5.74) is 0.883. The van der Waals surface area contributed by atoms with Gasteiger partial charge in [0.05, 0.1) is 12.1 Å². The van der Waals surface area contributed by atoms with Crippen LogP contribution in [0.15, 0.2) is 30.3 Å². The summed E-state index contributed by atoms with van der Waals surface area (Å²) in [6, 6.07) is 9.03. The predicted molar refractivity (Wildman–Crippen MR) is 83.5 cm³/mol. The van der Waals surface area contributed by atoms with Gasteiger partial charge in [-0.15, -0.1) is 0 Å². The number of carbonyl (C=O) groups is 2. The Morgan fingerprint density at radius 2 is 1.91 bits per heavy atom. The smallest absolute Gasteiger partial charge is 0.254 e. The van der Waals surface area contributed by atoms with Crippen LogP contribution in [0.2, 0.25) is 0 Å². The number of nitrogens with zero attached hydrogens (tertiary/aromatic N) is 2. The number of hydrogen-bond acceptors (Lipinski definition) is 4. The van der Waals surface area contributed by atoms with E-state index in [4.69, 9.17) is 4.74 Å². The maximum Gasteiger partial charge on any atom is 0.254 e. The highest BCUT2D eigenvalue weighted by Crippen LogP contribution is 2.33. The highest BCUT2D eigenvalue weighted by molar-refractivity contribution is 5.87. The van der Waals surface area contributed by atoms with Crippen LogP contribution < -0.4 is 0 Å². The SMILES string of the molecule is CC(C)N1C(=O)CO[C@H](C(=O)N2CC(O)C2)[C@H]1c1ccccc1. The standard InChI is InChI=1S/C17H22N2O4/c1-11(2)19-14(21)10-23-16(17(22)18-8-13(20)9-18)15(19)12-6-4-3-5-7-12/h3-7,11,13,15-16,20H,8-10H2,1-2H3/t15-,16+/m1/s1. The maximum atomic E-state index is 12.7. The van der Waals surface area contributed by atoms with E-state index in [-0.39, 0.29) is 24.5 Å². The Hall–Kier alpha value is -1.92. The van der Waals surface area contributed by atoms with Crippen LogP contribution in [0.5, 0.6) is 0 Å². The van der Waals surface area contributed by atoms with Crippen LogP contribution in [0.1, 0.15) is 25.5 Å². The minimum atomic E-state index is -0.731. The first kappa shape index (κ1) is 16.0. The third kappa shape index (κ3) is 2.96. The number of ether oxygens (including phenoxy) is 1. The third-order valence-corrected chi connectivity index (χ3v) is 4.38. The lowest BCUT2D eigenvalue weighted by Crippen LogP contribution is -2.61. The van der Waals surface area contributed by atoms with E-state index < -0.39 is 18.2 Å². The van der Waals surface area contributed by atoms with Crippen molar-refractivity contribution < 1.29 is 19.4 Å². The lowest BCUT2D eigenvalue weighted by atomic mass is 9.94. The normalized spacial score (nSPS) is 25.7. The van der Waals surface area contributed by atoms with Crippen molar-refractivity contribution in [2.45, 2.75) is 38.1 Å². The molecule has 6 nitrogen and oxygen atoms in total. The average Bonchev–Trinajstić information content (AvgIpc) is 2.51. The van der Waals surface area contributed by atoms with Gasteiger partial charge >= 0.3 is 0 Å². The molecule has 2 aliphatic rings. The Bertz CT molecular complexity index is 584. The fourth-order valence-electron chi connectivity index (χ4n) is 3.24. The van der Waals surface area contributed by atoms with Gasteiger partial charge in [-0.05, 0) is 19.4 Å². The van der Waals surface area contributed by atoms with Crippen molar-refractivity contribution in [3.05, 3.63) is 35.9 Å². The van der Waals surface area contributed by atoms with Crippen LogP contribution in [0.3, 0.4) is 0 Å². The summed E-state index contributed by atoms with van der Waals surface area (Å²) in [4.78, 5) is 28.4. The second kappa shape index (κ2) is 6.29. The van der Waals surface area contributed by atoms with Gasteiger partial charge in [0.1, 0.15) is 6.61 Å². The van der Waals surface area contributed by atoms with E-state index in [1.807, 2.05) is 44.2 Å². The van der Waals surface area contributed by atoms with Crippen LogP contribution in [0, 0.1) is 0 Å². The van der Waals surface area contributed by atoms with Gasteiger partial charge < -0.3 is 19.6 Å². The minimum Gasteiger partial charge on any atom is -0.389 e. The molecule has 1 aromatic rings. The number of aliphatic hydroxyl groups is 1. The van der Waals surface area contributed by atoms with Gasteiger partial charge in [0.2, 0.25) is 5.91 Å². The number of morpholine rings is 1. The Labute approximate surface area is 135 Å². The Morgan fingerprint density at radius 3 is 2.48 bits per heavy atom. The molecule has 0 saturated carbocycles. The van der Waals surface area contributed by atoms with Crippen LogP contribution in [-0.2, 0) is 14.3 Å². The highest BCUT2D eigenvalue weighted by atomic mass is 16.5. The molecule has 6 heteroatoms. The zero-order chi connectivity index (χ0) is 16.6. The van der Waals surface area contributed by atoms with E-state index in [1.165, 1.54) is 0 Å². The number of carbonyl (C=O) groups excluding carboxylic acids is 2. The summed E-state index contributed by atoms with van der Waals surface area (Å²) in [6.07, 6.45) is -1.19. The predicted octanol–water partition coefficient (Wildman–Crippen LogP) is 0.567. The Kier molecular flexibility index (Phi) is 4.37. The van der Waals surface area contributed by atoms with Crippen molar-refractivity contribution in [2.24, 2.45) is 0 Å². The van der Waals surface area contributed by atoms with Crippen LogP contribution in [0.4, 0.5) is 0 Å². The van der Waals surface area contributed by atoms with Crippen molar-refractivity contribution in [3.63, 3.8) is 0 Å². The molecule has 2 fully saturated rings. The zero-order valence-corrected chi connectivity index (χ0v) is 13.4. The summed E-state index contributed by atoms with van der Waals surface area (Å²) in [5, 5.41) is 9.43. The number of β-amino-alcohol motifs (C(OH)–C–C–N with tert-alkyl or cyclic N) is 1. The van der Waals surface area contributed by atoms with E-state index in [9.17, 15) is 14.7 Å². The third-order valence-electron chi connectivity index (χ3n) is 4.38. The molecule has 3 rings (SSSR count). The molecule has 0 bridgehead atoms. The second-order valence-corrected chi connectivity index (χ2v) is 6.38. The molecule has 0 aliphatic carbocycles. The van der Waals surface area contributed by atoms with Crippen molar-refractivity contribution in [1.82, 2.24) is 9.80 Å². The van der Waals surface area contributed by atoms with E-state index in [0.29, 0.717) is 13.1 Å². The first-order valence-corrected chi connectivity index (χ1v) is 7.93. The van der Waals surface area contributed by atoms with Gasteiger partial charge in [-0.3, -0.25) is 9.59 Å². The van der Waals surface area contributed by atoms with E-state index in [1.54, 1.807) is 9.80 Å². The molecule has 2 heterocycles. The topological polar surface area (TPSA) is 70.1 Å². The largest absolute Gasteiger partial charge is 0.389 e. The minimum absolute atomic E-state index is 0.0334. The van der Waals surface area contributed by atoms with Gasteiger partial charge in [0.15, 0.2) is 6.10 Å². The van der Waals surface area contributed by atoms with Gasteiger partial charge in [-0.25, -0.2) is 0 Å². The summed E-state index contributed by atoms with van der Waals surface area (Å²) < 4.78 is 5.63. The molecule has 23 heavy (non-hydrogen) atoms. The maximum absolute atomic E-state index is 12.7. The number of aliphatic hydroxyl groups excluding tert-OH is 1. The first-order valence-electron chi connectivity index (χ1n) is 7.93. The molecule has 1 N–H and O–H groups in total. The lowest BCUT2D eigenvalue weighted by molar-refractivity contribution is -0.176. The number of amides is 2. The number of likely N-dealkylation sites (tertiary alicyclic amines) is 1. The Balaban J connectivity index is 1.93. The molecule has 0 aromatic heterocycles. The molecule has 2 amide bonds. The van der Waals surface area contributed by atoms with Gasteiger partial charge in [0.25, 0.3) is 5.91 Å². The number of benzene rings is 1. The molecule has 0 spiro atoms. The number of hydrogen-bond donors (Lipinski definition) is 1. The molecule has 0 radical (unpaired) electrons. The van der Waals surface area contributed by atoms with Gasteiger partial charge in [0, 0.05) is 19.1 Å². The molecular formula is C17H22N2O4. The Morgan fingerprint density at radius 1 is 1.26 bits per heavy atom. The zero-order valence-electron chi connectivity index (χ0n) is 13.4. The van der Waals surface area contributed by atoms with Crippen molar-refractivity contribution in [1.29, 1.82) is 0 Å².